The lowest BCUT2D eigenvalue weighted by Gasteiger charge is -2.13. The molecule has 0 bridgehead atoms. The van der Waals surface area contributed by atoms with E-state index in [-0.39, 0.29) is 6.10 Å². The average molecular weight is 169 g/mol. The van der Waals surface area contributed by atoms with Gasteiger partial charge in [-0.3, -0.25) is 4.90 Å². The quantitative estimate of drug-likeness (QED) is 0.597. The van der Waals surface area contributed by atoms with Gasteiger partial charge in [0, 0.05) is 13.1 Å². The molecule has 0 aromatic heterocycles. The number of β-amino-alcohol motifs (C(OH)–C–C–N with tert-alkyl or cyclic N) is 1. The summed E-state index contributed by atoms with van der Waals surface area (Å²) in [6, 6.07) is 0. The van der Waals surface area contributed by atoms with Crippen molar-refractivity contribution in [2.75, 3.05) is 19.6 Å². The molecule has 0 unspecified atom stereocenters. The van der Waals surface area contributed by atoms with Crippen LogP contribution in [0.15, 0.2) is 11.3 Å². The van der Waals surface area contributed by atoms with E-state index in [1.54, 1.807) is 0 Å². The largest absolute Gasteiger partial charge is 0.511 e. The highest BCUT2D eigenvalue weighted by molar-refractivity contribution is 5.21. The molecule has 68 valence electrons. The second-order valence-electron chi connectivity index (χ2n) is 3.73. The molecule has 1 aliphatic heterocycles. The van der Waals surface area contributed by atoms with Crippen molar-refractivity contribution in [3.8, 4) is 0 Å². The number of nitrogens with zero attached hydrogens (tertiary/aromatic N) is 1. The number of allylic oxidation sites excluding steroid dienone is 1. The second kappa shape index (κ2) is 3.07. The Morgan fingerprint density at radius 1 is 1.50 bits per heavy atom. The van der Waals surface area contributed by atoms with E-state index in [4.69, 9.17) is 0 Å². The van der Waals surface area contributed by atoms with Crippen LogP contribution in [0.1, 0.15) is 19.3 Å². The van der Waals surface area contributed by atoms with Crippen LogP contribution in [0.5, 0.6) is 0 Å². The molecular weight excluding hydrogens is 154 g/mol. The van der Waals surface area contributed by atoms with Crippen LogP contribution in [0.25, 0.3) is 0 Å². The Morgan fingerprint density at radius 3 is 2.75 bits per heavy atom. The van der Waals surface area contributed by atoms with E-state index in [0.29, 0.717) is 12.3 Å². The fourth-order valence-corrected chi connectivity index (χ4v) is 1.63. The zero-order valence-corrected chi connectivity index (χ0v) is 7.16. The Labute approximate surface area is 72.3 Å². The fraction of sp³-hybridized carbons (Fsp3) is 0.778. The topological polar surface area (TPSA) is 43.7 Å². The summed E-state index contributed by atoms with van der Waals surface area (Å²) in [5, 5.41) is 18.7. The van der Waals surface area contributed by atoms with Crippen molar-refractivity contribution in [2.24, 2.45) is 0 Å². The molecule has 0 aromatic rings. The summed E-state index contributed by atoms with van der Waals surface area (Å²) >= 11 is 0. The van der Waals surface area contributed by atoms with Gasteiger partial charge in [-0.25, -0.2) is 0 Å². The van der Waals surface area contributed by atoms with Gasteiger partial charge in [0.05, 0.1) is 12.6 Å². The third-order valence-corrected chi connectivity index (χ3v) is 2.53. The van der Waals surface area contributed by atoms with E-state index < -0.39 is 0 Å². The summed E-state index contributed by atoms with van der Waals surface area (Å²) in [6.45, 7) is 2.28. The fourth-order valence-electron chi connectivity index (χ4n) is 1.63. The first-order valence-electron chi connectivity index (χ1n) is 4.56. The average Bonchev–Trinajstić information content (AvgIpc) is 2.78. The molecule has 2 N–H and O–H groups in total. The molecule has 12 heavy (non-hydrogen) atoms. The SMILES string of the molecule is OC(CN1CC[C@@H](O)C1)=C1CC1. The molecule has 0 spiro atoms. The lowest BCUT2D eigenvalue weighted by Crippen LogP contribution is -2.24. The molecule has 1 saturated heterocycles. The number of rotatable bonds is 2. The highest BCUT2D eigenvalue weighted by Crippen LogP contribution is 2.30. The van der Waals surface area contributed by atoms with Gasteiger partial charge in [-0.15, -0.1) is 0 Å². The lowest BCUT2D eigenvalue weighted by molar-refractivity contribution is 0.175. The van der Waals surface area contributed by atoms with Crippen LogP contribution in [0.2, 0.25) is 0 Å². The van der Waals surface area contributed by atoms with E-state index in [0.717, 1.165) is 32.4 Å². The van der Waals surface area contributed by atoms with Crippen molar-refractivity contribution in [1.82, 2.24) is 4.90 Å². The van der Waals surface area contributed by atoms with E-state index in [2.05, 4.69) is 4.90 Å². The summed E-state index contributed by atoms with van der Waals surface area (Å²) in [6.07, 6.45) is 2.81. The molecule has 0 amide bonds. The summed E-state index contributed by atoms with van der Waals surface area (Å²) in [5.74, 6) is 0.545. The van der Waals surface area contributed by atoms with Gasteiger partial charge in [-0.2, -0.15) is 0 Å². The maximum atomic E-state index is 9.49. The van der Waals surface area contributed by atoms with Crippen LogP contribution in [0.3, 0.4) is 0 Å². The van der Waals surface area contributed by atoms with Crippen molar-refractivity contribution in [2.45, 2.75) is 25.4 Å². The van der Waals surface area contributed by atoms with Crippen LogP contribution in [-0.2, 0) is 0 Å². The zero-order valence-electron chi connectivity index (χ0n) is 7.16. The predicted molar refractivity (Wildman–Crippen MR) is 46.0 cm³/mol. The smallest absolute Gasteiger partial charge is 0.105 e. The first kappa shape index (κ1) is 8.08. The normalized spacial score (nSPS) is 29.4. The van der Waals surface area contributed by atoms with Crippen LogP contribution in [0, 0.1) is 0 Å². The van der Waals surface area contributed by atoms with Crippen LogP contribution < -0.4 is 0 Å². The van der Waals surface area contributed by atoms with Gasteiger partial charge in [0.1, 0.15) is 5.76 Å². The highest BCUT2D eigenvalue weighted by atomic mass is 16.3. The molecule has 1 atom stereocenters. The Kier molecular flexibility index (Phi) is 2.07. The van der Waals surface area contributed by atoms with Crippen LogP contribution in [-0.4, -0.2) is 40.9 Å². The molecule has 0 aromatic carbocycles. The first-order chi connectivity index (χ1) is 5.75. The number of likely N-dealkylation sites (tertiary alicyclic amines) is 1. The molecule has 1 aliphatic carbocycles. The molecule has 1 heterocycles. The van der Waals surface area contributed by atoms with Gasteiger partial charge in [-0.1, -0.05) is 0 Å². The van der Waals surface area contributed by atoms with Gasteiger partial charge in [0.2, 0.25) is 0 Å². The van der Waals surface area contributed by atoms with Crippen molar-refractivity contribution in [1.29, 1.82) is 0 Å². The lowest BCUT2D eigenvalue weighted by atomic mass is 10.3. The predicted octanol–water partition coefficient (Wildman–Crippen LogP) is 0.659. The highest BCUT2D eigenvalue weighted by Gasteiger charge is 2.23. The molecule has 2 fully saturated rings. The number of aliphatic hydroxyl groups excluding tert-OH is 2. The standard InChI is InChI=1S/C9H15NO2/c11-8-3-4-10(5-8)6-9(12)7-1-2-7/h8,11-12H,1-6H2/t8-/m1/s1. The molecule has 2 rings (SSSR count). The minimum Gasteiger partial charge on any atom is -0.511 e. The number of aliphatic hydroxyl groups is 2. The Morgan fingerprint density at radius 2 is 2.25 bits per heavy atom. The molecule has 3 nitrogen and oxygen atoms in total. The van der Waals surface area contributed by atoms with E-state index in [1.807, 2.05) is 0 Å². The van der Waals surface area contributed by atoms with Gasteiger partial charge in [-0.05, 0) is 24.8 Å². The molecule has 0 radical (unpaired) electrons. The van der Waals surface area contributed by atoms with Gasteiger partial charge in [0.25, 0.3) is 0 Å². The van der Waals surface area contributed by atoms with Crippen molar-refractivity contribution in [3.63, 3.8) is 0 Å². The minimum absolute atomic E-state index is 0.179. The zero-order chi connectivity index (χ0) is 8.55. The molecule has 2 aliphatic rings. The van der Waals surface area contributed by atoms with E-state index in [9.17, 15) is 10.2 Å². The summed E-state index contributed by atoms with van der Waals surface area (Å²) in [4.78, 5) is 2.10. The monoisotopic (exact) mass is 169 g/mol. The first-order valence-corrected chi connectivity index (χ1v) is 4.56. The Bertz CT molecular complexity index is 207. The molecule has 1 saturated carbocycles. The third kappa shape index (κ3) is 1.79. The van der Waals surface area contributed by atoms with Crippen molar-refractivity contribution in [3.05, 3.63) is 11.3 Å². The maximum absolute atomic E-state index is 9.49. The Hall–Kier alpha value is -0.540. The van der Waals surface area contributed by atoms with E-state index in [1.165, 1.54) is 5.57 Å². The third-order valence-electron chi connectivity index (χ3n) is 2.53. The number of hydrogen-bond donors (Lipinski definition) is 2. The van der Waals surface area contributed by atoms with Crippen LogP contribution >= 0.6 is 0 Å². The van der Waals surface area contributed by atoms with Crippen LogP contribution in [0.4, 0.5) is 0 Å². The molecular formula is C9H15NO2. The minimum atomic E-state index is -0.179. The van der Waals surface area contributed by atoms with Gasteiger partial charge in [0.15, 0.2) is 0 Å². The van der Waals surface area contributed by atoms with Gasteiger partial charge < -0.3 is 10.2 Å². The second-order valence-corrected chi connectivity index (χ2v) is 3.73. The van der Waals surface area contributed by atoms with Gasteiger partial charge >= 0.3 is 0 Å². The Balaban J connectivity index is 1.83. The maximum Gasteiger partial charge on any atom is 0.105 e. The van der Waals surface area contributed by atoms with Crippen molar-refractivity contribution >= 4 is 0 Å². The summed E-state index contributed by atoms with van der Waals surface area (Å²) in [5.41, 5.74) is 1.20. The number of hydrogen-bond acceptors (Lipinski definition) is 3. The van der Waals surface area contributed by atoms with E-state index >= 15 is 0 Å². The summed E-state index contributed by atoms with van der Waals surface area (Å²) < 4.78 is 0. The van der Waals surface area contributed by atoms with Crippen molar-refractivity contribution < 1.29 is 10.2 Å². The molecule has 3 heteroatoms. The summed E-state index contributed by atoms with van der Waals surface area (Å²) in [7, 11) is 0.